The van der Waals surface area contributed by atoms with Gasteiger partial charge in [-0.1, -0.05) is 51.1 Å². The Labute approximate surface area is 263 Å². The molecule has 8 nitrogen and oxygen atoms in total. The van der Waals surface area contributed by atoms with Gasteiger partial charge in [0.25, 0.3) is 11.8 Å². The molecular weight excluding hydrogens is 580 g/mol. The molecule has 45 heavy (non-hydrogen) atoms. The highest BCUT2D eigenvalue weighted by atomic mass is 19.1. The van der Waals surface area contributed by atoms with Crippen LogP contribution in [0.2, 0.25) is 0 Å². The number of hydrogen-bond acceptors (Lipinski definition) is 6. The number of carbonyl (C=O) groups excluding carboxylic acids is 4. The number of nitrogens with zero attached hydrogens (tertiary/aromatic N) is 2. The molecule has 0 aromatic heterocycles. The van der Waals surface area contributed by atoms with E-state index in [0.717, 1.165) is 34.7 Å². The summed E-state index contributed by atoms with van der Waals surface area (Å²) in [6.45, 7) is 5.30. The van der Waals surface area contributed by atoms with E-state index in [2.05, 4.69) is 0 Å². The van der Waals surface area contributed by atoms with Gasteiger partial charge in [-0.15, -0.1) is 0 Å². The lowest BCUT2D eigenvalue weighted by atomic mass is 9.72. The van der Waals surface area contributed by atoms with E-state index in [1.165, 1.54) is 6.07 Å². The van der Waals surface area contributed by atoms with Crippen LogP contribution in [0, 0.1) is 28.9 Å². The van der Waals surface area contributed by atoms with Gasteiger partial charge in [-0.2, -0.15) is 0 Å². The summed E-state index contributed by atoms with van der Waals surface area (Å²) in [5.74, 6) is -3.19. The van der Waals surface area contributed by atoms with Gasteiger partial charge in [0.2, 0.25) is 5.91 Å². The second-order valence-electron chi connectivity index (χ2n) is 13.3. The van der Waals surface area contributed by atoms with Crippen LogP contribution in [0.4, 0.5) is 8.78 Å². The number of aliphatic hydroxyl groups is 1. The third kappa shape index (κ3) is 8.29. The Morgan fingerprint density at radius 1 is 1.04 bits per heavy atom. The molecule has 10 heteroatoms. The van der Waals surface area contributed by atoms with E-state index in [1.54, 1.807) is 4.90 Å². The second kappa shape index (κ2) is 14.6. The third-order valence-corrected chi connectivity index (χ3v) is 9.15. The molecule has 0 saturated heterocycles. The molecule has 1 aliphatic heterocycles. The van der Waals surface area contributed by atoms with Gasteiger partial charge in [0, 0.05) is 37.7 Å². The lowest BCUT2D eigenvalue weighted by Crippen LogP contribution is -2.54. The summed E-state index contributed by atoms with van der Waals surface area (Å²) < 4.78 is 29.3. The molecule has 1 heterocycles. The number of benzene rings is 2. The summed E-state index contributed by atoms with van der Waals surface area (Å²) >= 11 is 0. The Morgan fingerprint density at radius 2 is 1.71 bits per heavy atom. The maximum absolute atomic E-state index is 15.0. The first-order chi connectivity index (χ1) is 21.3. The van der Waals surface area contributed by atoms with E-state index < -0.39 is 53.5 Å². The molecule has 1 aliphatic carbocycles. The van der Waals surface area contributed by atoms with E-state index in [-0.39, 0.29) is 49.5 Å². The zero-order valence-corrected chi connectivity index (χ0v) is 26.1. The highest BCUT2D eigenvalue weighted by molar-refractivity contribution is 6.13. The predicted molar refractivity (Wildman–Crippen MR) is 166 cm³/mol. The van der Waals surface area contributed by atoms with Gasteiger partial charge in [0.1, 0.15) is 18.2 Å². The maximum atomic E-state index is 15.0. The number of nitrogens with two attached hydrogens (primary N) is 1. The van der Waals surface area contributed by atoms with Crippen molar-refractivity contribution in [3.05, 3.63) is 83.4 Å². The molecule has 1 saturated carbocycles. The number of carbonyl (C=O) groups is 4. The van der Waals surface area contributed by atoms with Crippen LogP contribution in [0.5, 0.6) is 0 Å². The van der Waals surface area contributed by atoms with Gasteiger partial charge in [0.15, 0.2) is 5.78 Å². The lowest BCUT2D eigenvalue weighted by Gasteiger charge is -2.46. The van der Waals surface area contributed by atoms with Crippen molar-refractivity contribution < 1.29 is 33.1 Å². The van der Waals surface area contributed by atoms with Gasteiger partial charge in [0.05, 0.1) is 6.04 Å². The Kier molecular flexibility index (Phi) is 11.0. The SMILES string of the molecule is CC(C)(C)[C@H](C1CC(c2cc(F)ccc2F)CC1Cc1ccccc1)N(CC[C@H](N)C(=O)CCN1C(=O)C=CC1=O)C(=O)CO. The number of ketones is 1. The molecule has 0 radical (unpaired) electrons. The van der Waals surface area contributed by atoms with Crippen molar-refractivity contribution in [2.45, 2.75) is 70.9 Å². The van der Waals surface area contributed by atoms with Crippen LogP contribution >= 0.6 is 0 Å². The van der Waals surface area contributed by atoms with Gasteiger partial charge >= 0.3 is 0 Å². The summed E-state index contributed by atoms with van der Waals surface area (Å²) in [7, 11) is 0. The van der Waals surface area contributed by atoms with Crippen molar-refractivity contribution in [3.63, 3.8) is 0 Å². The number of imide groups is 1. The molecule has 5 atom stereocenters. The van der Waals surface area contributed by atoms with Gasteiger partial charge in [-0.05, 0) is 78.2 Å². The van der Waals surface area contributed by atoms with E-state index in [1.807, 2.05) is 51.1 Å². The number of amides is 3. The molecule has 242 valence electrons. The average molecular weight is 624 g/mol. The van der Waals surface area contributed by atoms with Crippen molar-refractivity contribution >= 4 is 23.5 Å². The first-order valence-corrected chi connectivity index (χ1v) is 15.5. The maximum Gasteiger partial charge on any atom is 0.253 e. The Bertz CT molecular complexity index is 1410. The molecule has 3 unspecified atom stereocenters. The van der Waals surface area contributed by atoms with E-state index in [0.29, 0.717) is 24.8 Å². The Hall–Kier alpha value is -3.76. The fourth-order valence-corrected chi connectivity index (χ4v) is 7.13. The number of aliphatic hydroxyl groups excluding tert-OH is 1. The summed E-state index contributed by atoms with van der Waals surface area (Å²) in [4.78, 5) is 52.5. The highest BCUT2D eigenvalue weighted by Crippen LogP contribution is 2.50. The van der Waals surface area contributed by atoms with E-state index in [4.69, 9.17) is 5.73 Å². The average Bonchev–Trinajstić information content (AvgIpc) is 3.55. The van der Waals surface area contributed by atoms with Crippen molar-refractivity contribution in [2.75, 3.05) is 19.7 Å². The van der Waals surface area contributed by atoms with Crippen molar-refractivity contribution in [3.8, 4) is 0 Å². The van der Waals surface area contributed by atoms with Crippen LogP contribution in [0.1, 0.15) is 63.5 Å². The molecule has 4 rings (SSSR count). The minimum atomic E-state index is -0.960. The molecule has 2 aromatic rings. The van der Waals surface area contributed by atoms with Crippen LogP contribution < -0.4 is 5.73 Å². The molecule has 2 aromatic carbocycles. The highest BCUT2D eigenvalue weighted by Gasteiger charge is 2.47. The quantitative estimate of drug-likeness (QED) is 0.324. The fourth-order valence-electron chi connectivity index (χ4n) is 7.13. The molecule has 3 N–H and O–H groups in total. The molecule has 0 spiro atoms. The lowest BCUT2D eigenvalue weighted by molar-refractivity contribution is -0.142. The summed E-state index contributed by atoms with van der Waals surface area (Å²) in [6.07, 6.45) is 4.07. The summed E-state index contributed by atoms with van der Waals surface area (Å²) in [6, 6.07) is 12.0. The molecular formula is C35H43F2N3O5. The Morgan fingerprint density at radius 3 is 2.33 bits per heavy atom. The largest absolute Gasteiger partial charge is 0.387 e. The first-order valence-electron chi connectivity index (χ1n) is 15.5. The normalized spacial score (nSPS) is 21.3. The van der Waals surface area contributed by atoms with Crippen molar-refractivity contribution in [1.82, 2.24) is 9.80 Å². The Balaban J connectivity index is 1.58. The minimum Gasteiger partial charge on any atom is -0.387 e. The zero-order chi connectivity index (χ0) is 32.9. The monoisotopic (exact) mass is 623 g/mol. The summed E-state index contributed by atoms with van der Waals surface area (Å²) in [5.41, 5.74) is 7.18. The first kappa shape index (κ1) is 34.1. The van der Waals surface area contributed by atoms with Crippen LogP contribution in [0.15, 0.2) is 60.7 Å². The van der Waals surface area contributed by atoms with Gasteiger partial charge in [-0.25, -0.2) is 8.78 Å². The molecule has 1 fully saturated rings. The standard InChI is InChI=1S/C35H43F2N3O5/c1-35(2,3)34(40(33(45)21-41)15-13-29(38)30(42)14-16-39-31(43)11-12-32(39)44)27-19-24(26-20-25(36)9-10-28(26)37)18-23(27)17-22-7-5-4-6-8-22/h4-12,20,23-24,27,29,34,41H,13-19,21,38H2,1-3H3/t23?,24?,27?,29-,34-/m0/s1. The topological polar surface area (TPSA) is 121 Å². The zero-order valence-electron chi connectivity index (χ0n) is 26.1. The van der Waals surface area contributed by atoms with Gasteiger partial charge < -0.3 is 15.7 Å². The number of halogens is 2. The van der Waals surface area contributed by atoms with Crippen LogP contribution in [0.3, 0.4) is 0 Å². The predicted octanol–water partition coefficient (Wildman–Crippen LogP) is 4.15. The van der Waals surface area contributed by atoms with Crippen molar-refractivity contribution in [1.29, 1.82) is 0 Å². The second-order valence-corrected chi connectivity index (χ2v) is 13.3. The summed E-state index contributed by atoms with van der Waals surface area (Å²) in [5, 5.41) is 10.0. The fraction of sp³-hybridized carbons (Fsp3) is 0.486. The minimum absolute atomic E-state index is 0.0118. The van der Waals surface area contributed by atoms with Crippen LogP contribution in [-0.4, -0.2) is 70.2 Å². The van der Waals surface area contributed by atoms with E-state index >= 15 is 4.39 Å². The van der Waals surface area contributed by atoms with Crippen LogP contribution in [0.25, 0.3) is 0 Å². The van der Waals surface area contributed by atoms with Crippen LogP contribution in [-0.2, 0) is 25.6 Å². The number of rotatable bonds is 13. The molecule has 3 amide bonds. The molecule has 0 bridgehead atoms. The third-order valence-electron chi connectivity index (χ3n) is 9.15. The number of Topliss-reactive ketones (excluding diaryl/α,β-unsaturated/α-hetero) is 1. The smallest absolute Gasteiger partial charge is 0.253 e. The van der Waals surface area contributed by atoms with E-state index in [9.17, 15) is 28.7 Å². The van der Waals surface area contributed by atoms with Gasteiger partial charge in [-0.3, -0.25) is 24.1 Å². The number of hydrogen-bond donors (Lipinski definition) is 2. The van der Waals surface area contributed by atoms with Crippen molar-refractivity contribution in [2.24, 2.45) is 23.0 Å². The molecule has 2 aliphatic rings.